The van der Waals surface area contributed by atoms with Gasteiger partial charge in [0.1, 0.15) is 0 Å². The zero-order valence-electron chi connectivity index (χ0n) is 10.8. The molecule has 1 atom stereocenters. The Morgan fingerprint density at radius 3 is 2.69 bits per heavy atom. The monoisotopic (exact) mass is 240 g/mol. The normalized spacial score (nSPS) is 12.9. The molecule has 2 nitrogen and oxygen atoms in total. The number of nitrogens with one attached hydrogen (secondary N) is 1. The fourth-order valence-electron chi connectivity index (χ4n) is 1.88. The Morgan fingerprint density at radius 2 is 2.12 bits per heavy atom. The van der Waals surface area contributed by atoms with Gasteiger partial charge in [-0.1, -0.05) is 33.1 Å². The molecular formula is C13H24N2S. The molecule has 0 aliphatic carbocycles. The molecule has 1 N–H and O–H groups in total. The van der Waals surface area contributed by atoms with E-state index in [0.29, 0.717) is 6.04 Å². The molecule has 3 heteroatoms. The molecule has 1 aromatic rings. The molecule has 92 valence electrons. The summed E-state index contributed by atoms with van der Waals surface area (Å²) >= 11 is 1.80. The summed E-state index contributed by atoms with van der Waals surface area (Å²) in [5.74, 6) is 0. The molecule has 0 aromatic carbocycles. The second-order valence-corrected chi connectivity index (χ2v) is 5.67. The van der Waals surface area contributed by atoms with E-state index >= 15 is 0 Å². The van der Waals surface area contributed by atoms with Crippen molar-refractivity contribution < 1.29 is 0 Å². The van der Waals surface area contributed by atoms with Crippen molar-refractivity contribution in [3.8, 4) is 0 Å². The first-order chi connectivity index (χ1) is 7.76. The van der Waals surface area contributed by atoms with Gasteiger partial charge in [-0.25, -0.2) is 4.98 Å². The number of aromatic nitrogens is 1. The van der Waals surface area contributed by atoms with Crippen molar-refractivity contribution in [2.45, 2.75) is 65.5 Å². The van der Waals surface area contributed by atoms with E-state index in [0.717, 1.165) is 11.6 Å². The quantitative estimate of drug-likeness (QED) is 0.745. The van der Waals surface area contributed by atoms with Crippen LogP contribution in [0.1, 0.15) is 55.8 Å². The average Bonchev–Trinajstić information content (AvgIpc) is 2.68. The van der Waals surface area contributed by atoms with Gasteiger partial charge in [0.2, 0.25) is 0 Å². The van der Waals surface area contributed by atoms with Crippen LogP contribution in [0.15, 0.2) is 6.20 Å². The van der Waals surface area contributed by atoms with Crippen LogP contribution < -0.4 is 5.32 Å². The molecule has 0 fully saturated rings. The molecule has 1 unspecified atom stereocenters. The number of rotatable bonds is 8. The minimum Gasteiger partial charge on any atom is -0.309 e. The Bertz CT molecular complexity index is 283. The van der Waals surface area contributed by atoms with Crippen molar-refractivity contribution >= 4 is 11.3 Å². The predicted octanol–water partition coefficient (Wildman–Crippen LogP) is 3.90. The molecule has 0 radical (unpaired) electrons. The predicted molar refractivity (Wildman–Crippen MR) is 71.9 cm³/mol. The summed E-state index contributed by atoms with van der Waals surface area (Å²) in [6.45, 7) is 7.57. The van der Waals surface area contributed by atoms with E-state index in [2.05, 4.69) is 31.1 Å². The molecule has 16 heavy (non-hydrogen) atoms. The third-order valence-electron chi connectivity index (χ3n) is 2.78. The Hall–Kier alpha value is -0.410. The van der Waals surface area contributed by atoms with Gasteiger partial charge >= 0.3 is 0 Å². The second kappa shape index (κ2) is 7.80. The van der Waals surface area contributed by atoms with Gasteiger partial charge < -0.3 is 5.32 Å². The summed E-state index contributed by atoms with van der Waals surface area (Å²) in [7, 11) is 0. The summed E-state index contributed by atoms with van der Waals surface area (Å²) < 4.78 is 0. The maximum Gasteiger partial charge on any atom is 0.0897 e. The number of nitrogens with zero attached hydrogens (tertiary/aromatic N) is 1. The van der Waals surface area contributed by atoms with Crippen LogP contribution in [0.4, 0.5) is 0 Å². The average molecular weight is 240 g/mol. The molecule has 0 bridgehead atoms. The van der Waals surface area contributed by atoms with Crippen LogP contribution in [0.5, 0.6) is 0 Å². The highest BCUT2D eigenvalue weighted by Gasteiger charge is 2.07. The summed E-state index contributed by atoms with van der Waals surface area (Å²) in [4.78, 5) is 5.64. The van der Waals surface area contributed by atoms with Gasteiger partial charge in [-0.15, -0.1) is 11.3 Å². The molecule has 0 saturated carbocycles. The highest BCUT2D eigenvalue weighted by Crippen LogP contribution is 2.13. The van der Waals surface area contributed by atoms with Crippen molar-refractivity contribution in [2.75, 3.05) is 0 Å². The lowest BCUT2D eigenvalue weighted by Crippen LogP contribution is -2.28. The Labute approximate surface area is 103 Å². The molecule has 0 aliphatic heterocycles. The van der Waals surface area contributed by atoms with Crippen molar-refractivity contribution in [3.63, 3.8) is 0 Å². The van der Waals surface area contributed by atoms with E-state index in [-0.39, 0.29) is 0 Å². The summed E-state index contributed by atoms with van der Waals surface area (Å²) in [5, 5.41) is 4.82. The number of hydrogen-bond donors (Lipinski definition) is 1. The standard InChI is InChI=1S/C13H24N2S/c1-4-6-8-12(7-5-2)15-10-13-9-14-11(3)16-13/h9,12,15H,4-8,10H2,1-3H3. The van der Waals surface area contributed by atoms with E-state index in [9.17, 15) is 0 Å². The van der Waals surface area contributed by atoms with Crippen LogP contribution in [0.3, 0.4) is 0 Å². The number of thiazole rings is 1. The van der Waals surface area contributed by atoms with Crippen LogP contribution >= 0.6 is 11.3 Å². The van der Waals surface area contributed by atoms with Gasteiger partial charge in [-0.3, -0.25) is 0 Å². The van der Waals surface area contributed by atoms with Crippen molar-refractivity contribution in [3.05, 3.63) is 16.1 Å². The topological polar surface area (TPSA) is 24.9 Å². The molecule has 0 amide bonds. The smallest absolute Gasteiger partial charge is 0.0897 e. The fourth-order valence-corrected chi connectivity index (χ4v) is 2.63. The molecule has 0 saturated heterocycles. The zero-order valence-corrected chi connectivity index (χ0v) is 11.6. The van der Waals surface area contributed by atoms with Gasteiger partial charge in [0.15, 0.2) is 0 Å². The second-order valence-electron chi connectivity index (χ2n) is 4.35. The van der Waals surface area contributed by atoms with E-state index in [1.807, 2.05) is 6.20 Å². The molecule has 1 rings (SSSR count). The van der Waals surface area contributed by atoms with Gasteiger partial charge in [-0.05, 0) is 19.8 Å². The van der Waals surface area contributed by atoms with E-state index < -0.39 is 0 Å². The third kappa shape index (κ3) is 5.08. The highest BCUT2D eigenvalue weighted by atomic mass is 32.1. The van der Waals surface area contributed by atoms with Crippen LogP contribution in [0, 0.1) is 6.92 Å². The lowest BCUT2D eigenvalue weighted by atomic mass is 10.1. The molecular weight excluding hydrogens is 216 g/mol. The molecule has 0 spiro atoms. The third-order valence-corrected chi connectivity index (χ3v) is 3.69. The van der Waals surface area contributed by atoms with E-state index in [4.69, 9.17) is 0 Å². The lowest BCUT2D eigenvalue weighted by Gasteiger charge is -2.17. The van der Waals surface area contributed by atoms with Crippen LogP contribution in [0.25, 0.3) is 0 Å². The Kier molecular flexibility index (Phi) is 6.65. The van der Waals surface area contributed by atoms with Gasteiger partial charge in [0, 0.05) is 23.7 Å². The van der Waals surface area contributed by atoms with Crippen LogP contribution in [-0.2, 0) is 6.54 Å². The summed E-state index contributed by atoms with van der Waals surface area (Å²) in [6, 6.07) is 0.687. The van der Waals surface area contributed by atoms with Crippen molar-refractivity contribution in [1.29, 1.82) is 0 Å². The number of unbranched alkanes of at least 4 members (excludes halogenated alkanes) is 1. The summed E-state index contributed by atoms with van der Waals surface area (Å²) in [5.41, 5.74) is 0. The first-order valence-corrected chi connectivity index (χ1v) is 7.22. The summed E-state index contributed by atoms with van der Waals surface area (Å²) in [6.07, 6.45) is 8.49. The van der Waals surface area contributed by atoms with Gasteiger partial charge in [-0.2, -0.15) is 0 Å². The largest absolute Gasteiger partial charge is 0.309 e. The zero-order chi connectivity index (χ0) is 11.8. The van der Waals surface area contributed by atoms with Crippen LogP contribution in [-0.4, -0.2) is 11.0 Å². The van der Waals surface area contributed by atoms with E-state index in [1.165, 1.54) is 37.0 Å². The van der Waals surface area contributed by atoms with Gasteiger partial charge in [0.25, 0.3) is 0 Å². The van der Waals surface area contributed by atoms with Crippen molar-refractivity contribution in [2.24, 2.45) is 0 Å². The molecule has 0 aliphatic rings. The van der Waals surface area contributed by atoms with Gasteiger partial charge in [0.05, 0.1) is 5.01 Å². The Balaban J connectivity index is 2.30. The SMILES string of the molecule is CCCCC(CCC)NCc1cnc(C)s1. The minimum absolute atomic E-state index is 0.687. The van der Waals surface area contributed by atoms with Crippen LogP contribution in [0.2, 0.25) is 0 Å². The van der Waals surface area contributed by atoms with E-state index in [1.54, 1.807) is 11.3 Å². The minimum atomic E-state index is 0.687. The number of aryl methyl sites for hydroxylation is 1. The maximum absolute atomic E-state index is 4.28. The maximum atomic E-state index is 4.28. The lowest BCUT2D eigenvalue weighted by molar-refractivity contribution is 0.435. The first-order valence-electron chi connectivity index (χ1n) is 6.41. The Morgan fingerprint density at radius 1 is 1.31 bits per heavy atom. The highest BCUT2D eigenvalue weighted by molar-refractivity contribution is 7.11. The van der Waals surface area contributed by atoms with Crippen molar-refractivity contribution in [1.82, 2.24) is 10.3 Å². The first kappa shape index (κ1) is 13.7. The molecule has 1 aromatic heterocycles. The fraction of sp³-hybridized carbons (Fsp3) is 0.769. The number of hydrogen-bond acceptors (Lipinski definition) is 3. The molecule has 1 heterocycles.